The monoisotopic (exact) mass is 269 g/mol. The molecular formula is C11H9Cl2N3O. The van der Waals surface area contributed by atoms with Gasteiger partial charge in [0.2, 0.25) is 0 Å². The average molecular weight is 270 g/mol. The molecule has 0 fully saturated rings. The third-order valence-corrected chi connectivity index (χ3v) is 2.77. The van der Waals surface area contributed by atoms with E-state index in [2.05, 4.69) is 15.3 Å². The third kappa shape index (κ3) is 2.60. The van der Waals surface area contributed by atoms with Crippen LogP contribution in [0.25, 0.3) is 0 Å². The summed E-state index contributed by atoms with van der Waals surface area (Å²) < 4.78 is 0. The Labute approximate surface area is 108 Å². The molecule has 2 N–H and O–H groups in total. The summed E-state index contributed by atoms with van der Waals surface area (Å²) in [6.45, 7) is 1.77. The zero-order valence-electron chi connectivity index (χ0n) is 8.92. The highest BCUT2D eigenvalue weighted by atomic mass is 35.5. The zero-order valence-corrected chi connectivity index (χ0v) is 10.4. The van der Waals surface area contributed by atoms with Gasteiger partial charge in [-0.1, -0.05) is 23.2 Å². The van der Waals surface area contributed by atoms with Crippen molar-refractivity contribution < 1.29 is 4.79 Å². The van der Waals surface area contributed by atoms with E-state index in [1.165, 1.54) is 6.33 Å². The van der Waals surface area contributed by atoms with Crippen molar-refractivity contribution >= 4 is 34.8 Å². The topological polar surface area (TPSA) is 57.8 Å². The molecule has 4 nitrogen and oxygen atoms in total. The van der Waals surface area contributed by atoms with Crippen LogP contribution < -0.4 is 5.32 Å². The van der Waals surface area contributed by atoms with Crippen molar-refractivity contribution in [1.29, 1.82) is 0 Å². The van der Waals surface area contributed by atoms with Crippen LogP contribution in [-0.4, -0.2) is 15.9 Å². The lowest BCUT2D eigenvalue weighted by molar-refractivity contribution is 0.102. The number of rotatable bonds is 2. The number of amides is 1. The van der Waals surface area contributed by atoms with Crippen molar-refractivity contribution in [3.63, 3.8) is 0 Å². The summed E-state index contributed by atoms with van der Waals surface area (Å²) in [6, 6.07) is 4.86. The fourth-order valence-corrected chi connectivity index (χ4v) is 1.82. The quantitative estimate of drug-likeness (QED) is 0.879. The number of carbonyl (C=O) groups is 1. The van der Waals surface area contributed by atoms with Crippen LogP contribution in [0.15, 0.2) is 24.5 Å². The Morgan fingerprint density at radius 3 is 2.76 bits per heavy atom. The maximum absolute atomic E-state index is 11.8. The fourth-order valence-electron chi connectivity index (χ4n) is 1.36. The van der Waals surface area contributed by atoms with Gasteiger partial charge in [0.15, 0.2) is 0 Å². The number of nitrogens with zero attached hydrogens (tertiary/aromatic N) is 1. The first-order chi connectivity index (χ1) is 8.08. The third-order valence-electron chi connectivity index (χ3n) is 2.22. The molecule has 0 saturated heterocycles. The number of benzene rings is 1. The van der Waals surface area contributed by atoms with Crippen molar-refractivity contribution in [3.05, 3.63) is 46.0 Å². The van der Waals surface area contributed by atoms with Crippen molar-refractivity contribution in [2.24, 2.45) is 0 Å². The number of imidazole rings is 1. The first kappa shape index (κ1) is 12.0. The van der Waals surface area contributed by atoms with E-state index < -0.39 is 0 Å². The largest absolute Gasteiger partial charge is 0.348 e. The molecule has 0 radical (unpaired) electrons. The molecule has 0 saturated carbocycles. The van der Waals surface area contributed by atoms with Gasteiger partial charge in [-0.05, 0) is 25.1 Å². The molecule has 0 spiro atoms. The number of aromatic nitrogens is 2. The standard InChI is InChI=1S/C11H9Cl2N3O/c1-6-10(15-5-14-6)11(17)16-9-3-2-7(12)4-8(9)13/h2-5H,1H3,(H,14,15)(H,16,17). The fraction of sp³-hybridized carbons (Fsp3) is 0.0909. The van der Waals surface area contributed by atoms with Gasteiger partial charge in [0.25, 0.3) is 5.91 Å². The molecule has 1 aromatic heterocycles. The van der Waals surface area contributed by atoms with Gasteiger partial charge in [0, 0.05) is 10.7 Å². The lowest BCUT2D eigenvalue weighted by Crippen LogP contribution is -2.13. The van der Waals surface area contributed by atoms with Crippen molar-refractivity contribution in [2.75, 3.05) is 5.32 Å². The van der Waals surface area contributed by atoms with Gasteiger partial charge >= 0.3 is 0 Å². The van der Waals surface area contributed by atoms with Crippen LogP contribution in [0.4, 0.5) is 5.69 Å². The molecule has 1 amide bonds. The van der Waals surface area contributed by atoms with Crippen molar-refractivity contribution in [2.45, 2.75) is 6.92 Å². The Hall–Kier alpha value is -1.52. The van der Waals surface area contributed by atoms with Crippen LogP contribution >= 0.6 is 23.2 Å². The average Bonchev–Trinajstić information content (AvgIpc) is 2.68. The molecule has 2 aromatic rings. The van der Waals surface area contributed by atoms with Crippen LogP contribution in [-0.2, 0) is 0 Å². The number of anilines is 1. The number of carbonyl (C=O) groups excluding carboxylic acids is 1. The molecule has 88 valence electrons. The molecule has 0 bridgehead atoms. The van der Waals surface area contributed by atoms with E-state index in [-0.39, 0.29) is 5.91 Å². The van der Waals surface area contributed by atoms with Gasteiger partial charge in [-0.2, -0.15) is 0 Å². The highest BCUT2D eigenvalue weighted by Gasteiger charge is 2.13. The second kappa shape index (κ2) is 4.77. The van der Waals surface area contributed by atoms with Crippen LogP contribution in [0.3, 0.4) is 0 Å². The highest BCUT2D eigenvalue weighted by Crippen LogP contribution is 2.25. The Kier molecular flexibility index (Phi) is 3.36. The minimum atomic E-state index is -0.312. The van der Waals surface area contributed by atoms with Gasteiger partial charge in [0.1, 0.15) is 5.69 Å². The Morgan fingerprint density at radius 1 is 1.41 bits per heavy atom. The van der Waals surface area contributed by atoms with E-state index in [1.54, 1.807) is 25.1 Å². The minimum Gasteiger partial charge on any atom is -0.348 e. The van der Waals surface area contributed by atoms with Gasteiger partial charge in [-0.15, -0.1) is 0 Å². The summed E-state index contributed by atoms with van der Waals surface area (Å²) >= 11 is 11.7. The molecule has 1 heterocycles. The minimum absolute atomic E-state index is 0.312. The van der Waals surface area contributed by atoms with Gasteiger partial charge < -0.3 is 10.3 Å². The molecule has 6 heteroatoms. The normalized spacial score (nSPS) is 10.3. The van der Waals surface area contributed by atoms with Crippen LogP contribution in [0.1, 0.15) is 16.2 Å². The number of aromatic amines is 1. The Morgan fingerprint density at radius 2 is 2.18 bits per heavy atom. The predicted octanol–water partition coefficient (Wildman–Crippen LogP) is 3.28. The summed E-state index contributed by atoms with van der Waals surface area (Å²) in [5.41, 5.74) is 1.55. The smallest absolute Gasteiger partial charge is 0.276 e. The number of hydrogen-bond acceptors (Lipinski definition) is 2. The maximum Gasteiger partial charge on any atom is 0.276 e. The molecule has 0 aliphatic rings. The second-order valence-electron chi connectivity index (χ2n) is 3.45. The highest BCUT2D eigenvalue weighted by molar-refractivity contribution is 6.36. The van der Waals surface area contributed by atoms with Crippen LogP contribution in [0.5, 0.6) is 0 Å². The molecule has 17 heavy (non-hydrogen) atoms. The van der Waals surface area contributed by atoms with E-state index in [0.717, 1.165) is 0 Å². The number of aryl methyl sites for hydroxylation is 1. The lowest BCUT2D eigenvalue weighted by atomic mass is 10.3. The summed E-state index contributed by atoms with van der Waals surface area (Å²) in [4.78, 5) is 18.6. The van der Waals surface area contributed by atoms with Crippen molar-refractivity contribution in [3.8, 4) is 0 Å². The molecule has 0 atom stereocenters. The first-order valence-corrected chi connectivity index (χ1v) is 5.60. The van der Waals surface area contributed by atoms with E-state index >= 15 is 0 Å². The summed E-state index contributed by atoms with van der Waals surface area (Å²) in [7, 11) is 0. The number of H-pyrrole nitrogens is 1. The van der Waals surface area contributed by atoms with E-state index in [9.17, 15) is 4.79 Å². The Bertz CT molecular complexity index is 566. The van der Waals surface area contributed by atoms with Crippen molar-refractivity contribution in [1.82, 2.24) is 9.97 Å². The molecular weight excluding hydrogens is 261 g/mol. The lowest BCUT2D eigenvalue weighted by Gasteiger charge is -2.06. The van der Waals surface area contributed by atoms with Gasteiger partial charge in [-0.3, -0.25) is 4.79 Å². The van der Waals surface area contributed by atoms with E-state index in [4.69, 9.17) is 23.2 Å². The van der Waals surface area contributed by atoms with Crippen LogP contribution in [0, 0.1) is 6.92 Å². The second-order valence-corrected chi connectivity index (χ2v) is 4.30. The maximum atomic E-state index is 11.8. The number of nitrogens with one attached hydrogen (secondary N) is 2. The van der Waals surface area contributed by atoms with E-state index in [1.807, 2.05) is 0 Å². The summed E-state index contributed by atoms with van der Waals surface area (Å²) in [6.07, 6.45) is 1.47. The first-order valence-electron chi connectivity index (χ1n) is 4.84. The van der Waals surface area contributed by atoms with Gasteiger partial charge in [0.05, 0.1) is 17.0 Å². The SMILES string of the molecule is Cc1[nH]cnc1C(=O)Nc1ccc(Cl)cc1Cl. The van der Waals surface area contributed by atoms with E-state index in [0.29, 0.717) is 27.1 Å². The molecule has 0 unspecified atom stereocenters. The molecule has 0 aliphatic carbocycles. The predicted molar refractivity (Wildman–Crippen MR) is 67.7 cm³/mol. The number of halogens is 2. The molecule has 2 rings (SSSR count). The molecule has 0 aliphatic heterocycles. The number of hydrogen-bond donors (Lipinski definition) is 2. The summed E-state index contributed by atoms with van der Waals surface area (Å²) in [5, 5.41) is 3.57. The molecule has 1 aromatic carbocycles. The summed E-state index contributed by atoms with van der Waals surface area (Å²) in [5.74, 6) is -0.312. The van der Waals surface area contributed by atoms with Gasteiger partial charge in [-0.25, -0.2) is 4.98 Å². The zero-order chi connectivity index (χ0) is 12.4. The Balaban J connectivity index is 2.22. The van der Waals surface area contributed by atoms with Crippen LogP contribution in [0.2, 0.25) is 10.0 Å².